The molecule has 6 heteroatoms. The van der Waals surface area contributed by atoms with Gasteiger partial charge in [0.15, 0.2) is 6.61 Å². The largest absolute Gasteiger partial charge is 0.484 e. The van der Waals surface area contributed by atoms with E-state index in [1.54, 1.807) is 12.1 Å². The van der Waals surface area contributed by atoms with Crippen LogP contribution >= 0.6 is 0 Å². The number of likely N-dealkylation sites (tertiary alicyclic amines) is 1. The van der Waals surface area contributed by atoms with Crippen LogP contribution in [0.5, 0.6) is 5.75 Å². The summed E-state index contributed by atoms with van der Waals surface area (Å²) in [7, 11) is 4.11. The highest BCUT2D eigenvalue weighted by Crippen LogP contribution is 2.24. The number of carbonyl (C=O) groups excluding carboxylic acids is 2. The van der Waals surface area contributed by atoms with Crippen LogP contribution in [0.3, 0.4) is 0 Å². The van der Waals surface area contributed by atoms with Gasteiger partial charge in [-0.3, -0.25) is 9.59 Å². The molecular formula is C21H25N3O3. The standard InChI is InChI=1S/C21H25N3O3/c1-23(2)18-11-12-24(13-18)21(26)17-5-3-15(4-6-17)16-7-9-19(10-8-16)27-14-20(22)25/h3-10,18H,11-14H2,1-2H3,(H2,22,25). The van der Waals surface area contributed by atoms with Crippen LogP contribution in [0.15, 0.2) is 48.5 Å². The Bertz CT molecular complexity index is 800. The highest BCUT2D eigenvalue weighted by atomic mass is 16.5. The predicted molar refractivity (Wildman–Crippen MR) is 105 cm³/mol. The summed E-state index contributed by atoms with van der Waals surface area (Å²) in [6, 6.07) is 15.5. The molecule has 1 saturated heterocycles. The Labute approximate surface area is 159 Å². The second kappa shape index (κ2) is 8.22. The van der Waals surface area contributed by atoms with Gasteiger partial charge in [0.1, 0.15) is 5.75 Å². The lowest BCUT2D eigenvalue weighted by Crippen LogP contribution is -2.34. The maximum atomic E-state index is 12.7. The number of benzene rings is 2. The van der Waals surface area contributed by atoms with Crippen molar-refractivity contribution >= 4 is 11.8 Å². The smallest absolute Gasteiger partial charge is 0.255 e. The first-order valence-electron chi connectivity index (χ1n) is 9.01. The quantitative estimate of drug-likeness (QED) is 0.847. The molecule has 0 radical (unpaired) electrons. The van der Waals surface area contributed by atoms with E-state index in [4.69, 9.17) is 10.5 Å². The van der Waals surface area contributed by atoms with Crippen LogP contribution in [0.2, 0.25) is 0 Å². The molecule has 2 aromatic rings. The molecule has 0 spiro atoms. The fourth-order valence-corrected chi connectivity index (χ4v) is 3.23. The van der Waals surface area contributed by atoms with Crippen LogP contribution in [0.1, 0.15) is 16.8 Å². The zero-order chi connectivity index (χ0) is 19.4. The second-order valence-electron chi connectivity index (χ2n) is 7.01. The summed E-state index contributed by atoms with van der Waals surface area (Å²) in [5.74, 6) is 0.171. The van der Waals surface area contributed by atoms with Crippen LogP contribution in [-0.4, -0.2) is 61.4 Å². The fraction of sp³-hybridized carbons (Fsp3) is 0.333. The molecule has 0 bridgehead atoms. The Kier molecular flexibility index (Phi) is 5.76. The molecule has 0 saturated carbocycles. The SMILES string of the molecule is CN(C)C1CCN(C(=O)c2ccc(-c3ccc(OCC(N)=O)cc3)cc2)C1. The topological polar surface area (TPSA) is 75.9 Å². The van der Waals surface area contributed by atoms with Crippen LogP contribution in [-0.2, 0) is 4.79 Å². The summed E-state index contributed by atoms with van der Waals surface area (Å²) >= 11 is 0. The summed E-state index contributed by atoms with van der Waals surface area (Å²) in [5.41, 5.74) is 7.80. The minimum Gasteiger partial charge on any atom is -0.484 e. The van der Waals surface area contributed by atoms with E-state index in [9.17, 15) is 9.59 Å². The second-order valence-corrected chi connectivity index (χ2v) is 7.01. The number of hydrogen-bond acceptors (Lipinski definition) is 4. The minimum absolute atomic E-state index is 0.0844. The molecule has 1 atom stereocenters. The number of carbonyl (C=O) groups is 2. The first kappa shape index (κ1) is 18.9. The van der Waals surface area contributed by atoms with E-state index in [2.05, 4.69) is 19.0 Å². The molecular weight excluding hydrogens is 342 g/mol. The van der Waals surface area contributed by atoms with Gasteiger partial charge in [-0.25, -0.2) is 0 Å². The average molecular weight is 367 g/mol. The van der Waals surface area contributed by atoms with Crippen molar-refractivity contribution in [3.05, 3.63) is 54.1 Å². The van der Waals surface area contributed by atoms with Crippen LogP contribution < -0.4 is 10.5 Å². The first-order valence-corrected chi connectivity index (χ1v) is 9.01. The highest BCUT2D eigenvalue weighted by molar-refractivity contribution is 5.95. The number of ether oxygens (including phenoxy) is 1. The lowest BCUT2D eigenvalue weighted by atomic mass is 10.0. The van der Waals surface area contributed by atoms with Gasteiger partial charge in [-0.15, -0.1) is 0 Å². The summed E-state index contributed by atoms with van der Waals surface area (Å²) in [5, 5.41) is 0. The summed E-state index contributed by atoms with van der Waals surface area (Å²) in [4.78, 5) is 27.5. The number of nitrogens with two attached hydrogens (primary N) is 1. The monoisotopic (exact) mass is 367 g/mol. The molecule has 2 N–H and O–H groups in total. The summed E-state index contributed by atoms with van der Waals surface area (Å²) < 4.78 is 5.26. The Hall–Kier alpha value is -2.86. The Balaban J connectivity index is 1.65. The molecule has 3 rings (SSSR count). The van der Waals surface area contributed by atoms with Gasteiger partial charge in [0.05, 0.1) is 0 Å². The number of hydrogen-bond donors (Lipinski definition) is 1. The third-order valence-corrected chi connectivity index (χ3v) is 4.88. The van der Waals surface area contributed by atoms with Gasteiger partial charge in [-0.2, -0.15) is 0 Å². The van der Waals surface area contributed by atoms with Crippen LogP contribution in [0, 0.1) is 0 Å². The molecule has 6 nitrogen and oxygen atoms in total. The third-order valence-electron chi connectivity index (χ3n) is 4.88. The zero-order valence-corrected chi connectivity index (χ0v) is 15.7. The van der Waals surface area contributed by atoms with E-state index in [0.29, 0.717) is 17.4 Å². The van der Waals surface area contributed by atoms with Gasteiger partial charge in [0.2, 0.25) is 0 Å². The zero-order valence-electron chi connectivity index (χ0n) is 15.7. The molecule has 2 amide bonds. The van der Waals surface area contributed by atoms with E-state index in [-0.39, 0.29) is 12.5 Å². The van der Waals surface area contributed by atoms with E-state index in [1.807, 2.05) is 41.3 Å². The lowest BCUT2D eigenvalue weighted by molar-refractivity contribution is -0.119. The Morgan fingerprint density at radius 1 is 1.07 bits per heavy atom. The van der Waals surface area contributed by atoms with Gasteiger partial charge in [-0.05, 0) is 55.9 Å². The van der Waals surface area contributed by atoms with Gasteiger partial charge >= 0.3 is 0 Å². The van der Waals surface area contributed by atoms with Gasteiger partial charge in [0, 0.05) is 24.7 Å². The third kappa shape index (κ3) is 4.65. The van der Waals surface area contributed by atoms with Crippen molar-refractivity contribution in [3.8, 4) is 16.9 Å². The number of primary amides is 1. The lowest BCUT2D eigenvalue weighted by Gasteiger charge is -2.20. The Morgan fingerprint density at radius 2 is 1.67 bits per heavy atom. The van der Waals surface area contributed by atoms with Crippen molar-refractivity contribution in [3.63, 3.8) is 0 Å². The molecule has 1 fully saturated rings. The summed E-state index contributed by atoms with van der Waals surface area (Å²) in [6.07, 6.45) is 1.01. The average Bonchev–Trinajstić information content (AvgIpc) is 3.17. The predicted octanol–water partition coefficient (Wildman–Crippen LogP) is 1.99. The normalized spacial score (nSPS) is 16.6. The number of nitrogens with zero attached hydrogens (tertiary/aromatic N) is 2. The molecule has 0 aliphatic carbocycles. The van der Waals surface area contributed by atoms with Gasteiger partial charge < -0.3 is 20.3 Å². The van der Waals surface area contributed by atoms with E-state index < -0.39 is 5.91 Å². The number of likely N-dealkylation sites (N-methyl/N-ethyl adjacent to an activating group) is 1. The molecule has 27 heavy (non-hydrogen) atoms. The van der Waals surface area contributed by atoms with Crippen LogP contribution in [0.25, 0.3) is 11.1 Å². The molecule has 1 aliphatic heterocycles. The number of rotatable bonds is 6. The van der Waals surface area contributed by atoms with Crippen molar-refractivity contribution in [2.24, 2.45) is 5.73 Å². The molecule has 0 aromatic heterocycles. The van der Waals surface area contributed by atoms with Crippen molar-refractivity contribution < 1.29 is 14.3 Å². The van der Waals surface area contributed by atoms with Crippen molar-refractivity contribution in [1.29, 1.82) is 0 Å². The van der Waals surface area contributed by atoms with Gasteiger partial charge in [-0.1, -0.05) is 24.3 Å². The molecule has 1 heterocycles. The first-order chi connectivity index (χ1) is 12.9. The van der Waals surface area contributed by atoms with E-state index in [0.717, 1.165) is 30.6 Å². The van der Waals surface area contributed by atoms with E-state index in [1.165, 1.54) is 0 Å². The minimum atomic E-state index is -0.505. The molecule has 1 aliphatic rings. The van der Waals surface area contributed by atoms with Crippen molar-refractivity contribution in [1.82, 2.24) is 9.80 Å². The van der Waals surface area contributed by atoms with Gasteiger partial charge in [0.25, 0.3) is 11.8 Å². The van der Waals surface area contributed by atoms with Crippen molar-refractivity contribution in [2.75, 3.05) is 33.8 Å². The number of amides is 2. The summed E-state index contributed by atoms with van der Waals surface area (Å²) in [6.45, 7) is 1.44. The Morgan fingerprint density at radius 3 is 2.19 bits per heavy atom. The fourth-order valence-electron chi connectivity index (χ4n) is 3.23. The molecule has 1 unspecified atom stereocenters. The van der Waals surface area contributed by atoms with Crippen molar-refractivity contribution in [2.45, 2.75) is 12.5 Å². The van der Waals surface area contributed by atoms with E-state index >= 15 is 0 Å². The molecule has 2 aromatic carbocycles. The maximum Gasteiger partial charge on any atom is 0.255 e. The highest BCUT2D eigenvalue weighted by Gasteiger charge is 2.27. The van der Waals surface area contributed by atoms with Crippen LogP contribution in [0.4, 0.5) is 0 Å². The maximum absolute atomic E-state index is 12.7. The molecule has 142 valence electrons.